The number of carbonyl (C=O) groups is 1. The maximum Gasteiger partial charge on any atom is 0.228 e. The van der Waals surface area contributed by atoms with Crippen LogP contribution >= 0.6 is 11.6 Å². The van der Waals surface area contributed by atoms with Gasteiger partial charge in [0.15, 0.2) is 0 Å². The Morgan fingerprint density at radius 1 is 1.28 bits per heavy atom. The number of hydrogen-bond acceptors (Lipinski definition) is 2. The van der Waals surface area contributed by atoms with Crippen LogP contribution in [0.15, 0.2) is 42.5 Å². The van der Waals surface area contributed by atoms with Crippen LogP contribution in [0.3, 0.4) is 0 Å². The molecule has 3 nitrogen and oxygen atoms in total. The van der Waals surface area contributed by atoms with Gasteiger partial charge in [0.1, 0.15) is 5.82 Å². The summed E-state index contributed by atoms with van der Waals surface area (Å²) in [6.07, 6.45) is 1.86. The predicted octanol–water partition coefficient (Wildman–Crippen LogP) is 4.64. The number of anilines is 1. The second-order valence-corrected chi connectivity index (χ2v) is 7.06. The lowest BCUT2D eigenvalue weighted by molar-refractivity contribution is -0.121. The van der Waals surface area contributed by atoms with Crippen molar-refractivity contribution in [1.82, 2.24) is 4.90 Å². The summed E-state index contributed by atoms with van der Waals surface area (Å²) >= 11 is 6.12. The fourth-order valence-electron chi connectivity index (χ4n) is 3.18. The summed E-state index contributed by atoms with van der Waals surface area (Å²) in [6, 6.07) is 12.1. The van der Waals surface area contributed by atoms with Crippen molar-refractivity contribution in [2.75, 3.05) is 18.4 Å². The molecule has 1 amide bonds. The van der Waals surface area contributed by atoms with Crippen LogP contribution in [0.4, 0.5) is 10.1 Å². The van der Waals surface area contributed by atoms with E-state index in [9.17, 15) is 9.18 Å². The molecule has 25 heavy (non-hydrogen) atoms. The lowest BCUT2D eigenvalue weighted by atomic mass is 9.96. The fraction of sp³-hybridized carbons (Fsp3) is 0.350. The second kappa shape index (κ2) is 7.98. The van der Waals surface area contributed by atoms with Gasteiger partial charge in [-0.3, -0.25) is 9.69 Å². The molecule has 2 aromatic rings. The molecule has 0 aromatic heterocycles. The zero-order valence-electron chi connectivity index (χ0n) is 14.3. The maximum absolute atomic E-state index is 13.0. The molecule has 0 bridgehead atoms. The van der Waals surface area contributed by atoms with E-state index in [0.717, 1.165) is 42.7 Å². The number of amides is 1. The van der Waals surface area contributed by atoms with E-state index in [1.54, 1.807) is 18.2 Å². The molecular weight excluding hydrogens is 339 g/mol. The minimum Gasteiger partial charge on any atom is -0.326 e. The highest BCUT2D eigenvalue weighted by Crippen LogP contribution is 2.23. The van der Waals surface area contributed by atoms with Gasteiger partial charge in [-0.25, -0.2) is 4.39 Å². The van der Waals surface area contributed by atoms with Gasteiger partial charge in [0, 0.05) is 23.8 Å². The van der Waals surface area contributed by atoms with E-state index < -0.39 is 0 Å². The number of hydrogen-bond donors (Lipinski definition) is 1. The Bertz CT molecular complexity index is 748. The van der Waals surface area contributed by atoms with Crippen LogP contribution in [0, 0.1) is 18.7 Å². The molecule has 0 spiro atoms. The molecule has 0 radical (unpaired) electrons. The molecule has 2 aromatic carbocycles. The van der Waals surface area contributed by atoms with E-state index in [-0.39, 0.29) is 17.6 Å². The summed E-state index contributed by atoms with van der Waals surface area (Å²) in [5.41, 5.74) is 2.78. The smallest absolute Gasteiger partial charge is 0.228 e. The highest BCUT2D eigenvalue weighted by atomic mass is 35.5. The average Bonchev–Trinajstić information content (AvgIpc) is 2.60. The molecule has 1 unspecified atom stereocenters. The highest BCUT2D eigenvalue weighted by molar-refractivity contribution is 6.31. The Hall–Kier alpha value is -1.91. The zero-order chi connectivity index (χ0) is 17.8. The molecular formula is C20H22ClFN2O. The van der Waals surface area contributed by atoms with E-state index in [2.05, 4.69) is 10.2 Å². The van der Waals surface area contributed by atoms with Gasteiger partial charge in [-0.2, -0.15) is 0 Å². The van der Waals surface area contributed by atoms with Gasteiger partial charge in [-0.15, -0.1) is 0 Å². The minimum atomic E-state index is -0.226. The number of likely N-dealkylation sites (tertiary alicyclic amines) is 1. The van der Waals surface area contributed by atoms with Crippen LogP contribution in [0.5, 0.6) is 0 Å². The molecule has 0 saturated carbocycles. The first-order valence-corrected chi connectivity index (χ1v) is 8.93. The number of carbonyl (C=O) groups excluding carboxylic acids is 1. The molecule has 1 atom stereocenters. The third-order valence-corrected chi connectivity index (χ3v) is 5.04. The van der Waals surface area contributed by atoms with Crippen LogP contribution in [0.2, 0.25) is 5.02 Å². The number of rotatable bonds is 4. The molecule has 5 heteroatoms. The van der Waals surface area contributed by atoms with Gasteiger partial charge in [0.05, 0.1) is 5.92 Å². The Kier molecular flexibility index (Phi) is 5.71. The molecule has 1 saturated heterocycles. The number of aryl methyl sites for hydroxylation is 1. The first-order valence-electron chi connectivity index (χ1n) is 8.55. The van der Waals surface area contributed by atoms with Crippen LogP contribution in [-0.2, 0) is 11.3 Å². The molecule has 1 N–H and O–H groups in total. The van der Waals surface area contributed by atoms with E-state index in [1.807, 2.05) is 19.1 Å². The topological polar surface area (TPSA) is 32.3 Å². The molecule has 0 aliphatic carbocycles. The molecule has 1 heterocycles. The Morgan fingerprint density at radius 3 is 2.76 bits per heavy atom. The van der Waals surface area contributed by atoms with Crippen LogP contribution in [-0.4, -0.2) is 23.9 Å². The largest absolute Gasteiger partial charge is 0.326 e. The third-order valence-electron chi connectivity index (χ3n) is 4.64. The van der Waals surface area contributed by atoms with Gasteiger partial charge in [-0.05, 0) is 61.7 Å². The molecule has 1 fully saturated rings. The number of halogens is 2. The van der Waals surface area contributed by atoms with E-state index in [1.165, 1.54) is 12.1 Å². The van der Waals surface area contributed by atoms with Crippen molar-refractivity contribution in [2.24, 2.45) is 5.92 Å². The van der Waals surface area contributed by atoms with Crippen molar-refractivity contribution < 1.29 is 9.18 Å². The van der Waals surface area contributed by atoms with Gasteiger partial charge in [0.25, 0.3) is 0 Å². The van der Waals surface area contributed by atoms with Gasteiger partial charge in [-0.1, -0.05) is 29.8 Å². The summed E-state index contributed by atoms with van der Waals surface area (Å²) in [7, 11) is 0. The van der Waals surface area contributed by atoms with Crippen LogP contribution in [0.1, 0.15) is 24.0 Å². The van der Waals surface area contributed by atoms with Crippen LogP contribution in [0.25, 0.3) is 0 Å². The maximum atomic E-state index is 13.0. The zero-order valence-corrected chi connectivity index (χ0v) is 15.0. The summed E-state index contributed by atoms with van der Waals surface area (Å²) in [5, 5.41) is 3.62. The number of nitrogens with one attached hydrogen (secondary N) is 1. The summed E-state index contributed by atoms with van der Waals surface area (Å²) in [5.74, 6) is -0.241. The van der Waals surface area contributed by atoms with Gasteiger partial charge in [0.2, 0.25) is 5.91 Å². The number of benzene rings is 2. The Morgan fingerprint density at radius 2 is 2.04 bits per heavy atom. The van der Waals surface area contributed by atoms with Crippen molar-refractivity contribution in [3.8, 4) is 0 Å². The van der Waals surface area contributed by atoms with Crippen molar-refractivity contribution in [1.29, 1.82) is 0 Å². The second-order valence-electron chi connectivity index (χ2n) is 6.65. The lowest BCUT2D eigenvalue weighted by Gasteiger charge is -2.32. The Labute approximate surface area is 152 Å². The van der Waals surface area contributed by atoms with E-state index in [4.69, 9.17) is 11.6 Å². The van der Waals surface area contributed by atoms with E-state index in [0.29, 0.717) is 11.6 Å². The van der Waals surface area contributed by atoms with Gasteiger partial charge >= 0.3 is 0 Å². The molecule has 1 aliphatic rings. The van der Waals surface area contributed by atoms with Crippen LogP contribution < -0.4 is 5.32 Å². The van der Waals surface area contributed by atoms with Gasteiger partial charge < -0.3 is 5.32 Å². The number of piperidine rings is 1. The van der Waals surface area contributed by atoms with Crippen molar-refractivity contribution in [2.45, 2.75) is 26.3 Å². The standard InChI is InChI=1S/C20H22ClFN2O/c1-14-4-9-18(11-19(14)21)23-20(25)16-3-2-10-24(13-16)12-15-5-7-17(22)8-6-15/h4-9,11,16H,2-3,10,12-13H2,1H3,(H,23,25). The lowest BCUT2D eigenvalue weighted by Crippen LogP contribution is -2.40. The normalized spacial score (nSPS) is 18.1. The van der Waals surface area contributed by atoms with Crippen molar-refractivity contribution >= 4 is 23.2 Å². The predicted molar refractivity (Wildman–Crippen MR) is 99.2 cm³/mol. The molecule has 132 valence electrons. The SMILES string of the molecule is Cc1ccc(NC(=O)C2CCCN(Cc3ccc(F)cc3)C2)cc1Cl. The third kappa shape index (κ3) is 4.80. The highest BCUT2D eigenvalue weighted by Gasteiger charge is 2.26. The van der Waals surface area contributed by atoms with E-state index >= 15 is 0 Å². The monoisotopic (exact) mass is 360 g/mol. The average molecular weight is 361 g/mol. The molecule has 1 aliphatic heterocycles. The quantitative estimate of drug-likeness (QED) is 0.861. The Balaban J connectivity index is 1.59. The fourth-order valence-corrected chi connectivity index (χ4v) is 3.36. The summed E-state index contributed by atoms with van der Waals surface area (Å²) in [4.78, 5) is 14.8. The first-order chi connectivity index (χ1) is 12.0. The summed E-state index contributed by atoms with van der Waals surface area (Å²) in [6.45, 7) is 4.34. The summed E-state index contributed by atoms with van der Waals surface area (Å²) < 4.78 is 13.0. The minimum absolute atomic E-state index is 0.0312. The molecule has 3 rings (SSSR count). The first kappa shape index (κ1) is 17.9. The van der Waals surface area contributed by atoms with Crippen molar-refractivity contribution in [3.63, 3.8) is 0 Å². The van der Waals surface area contributed by atoms with Crippen molar-refractivity contribution in [3.05, 3.63) is 64.4 Å². The number of nitrogens with zero attached hydrogens (tertiary/aromatic N) is 1.